The predicted molar refractivity (Wildman–Crippen MR) is 95.6 cm³/mol. The van der Waals surface area contributed by atoms with E-state index in [4.69, 9.17) is 11.0 Å². The van der Waals surface area contributed by atoms with Crippen LogP contribution in [0.4, 0.5) is 0 Å². The van der Waals surface area contributed by atoms with E-state index in [0.717, 1.165) is 34.4 Å². The molecule has 122 valence electrons. The first-order chi connectivity index (χ1) is 11.6. The molecule has 24 heavy (non-hydrogen) atoms. The molecule has 3 N–H and O–H groups in total. The van der Waals surface area contributed by atoms with Gasteiger partial charge in [-0.2, -0.15) is 5.26 Å². The molecule has 0 aliphatic heterocycles. The normalized spacial score (nSPS) is 16.9. The van der Waals surface area contributed by atoms with Crippen molar-refractivity contribution < 1.29 is 4.79 Å². The van der Waals surface area contributed by atoms with Gasteiger partial charge in [-0.25, -0.2) is 0 Å². The minimum absolute atomic E-state index is 0.229. The molecule has 6 heteroatoms. The number of carbonyl (C=O) groups is 1. The number of aliphatic imine (C=N–C) groups is 1. The van der Waals surface area contributed by atoms with Gasteiger partial charge in [-0.1, -0.05) is 12.1 Å². The van der Waals surface area contributed by atoms with Gasteiger partial charge in [0.2, 0.25) is 0 Å². The van der Waals surface area contributed by atoms with Crippen LogP contribution in [0.1, 0.15) is 23.3 Å². The van der Waals surface area contributed by atoms with Gasteiger partial charge in [0.25, 0.3) is 0 Å². The van der Waals surface area contributed by atoms with E-state index >= 15 is 0 Å². The fraction of sp³-hybridized carbons (Fsp3) is 0.278. The fourth-order valence-electron chi connectivity index (χ4n) is 2.81. The van der Waals surface area contributed by atoms with Crippen molar-refractivity contribution in [2.24, 2.45) is 16.6 Å². The Morgan fingerprint density at radius 1 is 1.46 bits per heavy atom. The number of thiophene rings is 1. The van der Waals surface area contributed by atoms with Crippen molar-refractivity contribution >= 4 is 23.6 Å². The number of carbonyl (C=O) groups excluding carboxylic acids is 1. The summed E-state index contributed by atoms with van der Waals surface area (Å²) >= 11 is 1.54. The van der Waals surface area contributed by atoms with Crippen molar-refractivity contribution in [1.29, 1.82) is 5.26 Å². The van der Waals surface area contributed by atoms with Gasteiger partial charge in [0.15, 0.2) is 12.2 Å². The standard InChI is InChI=1S/C18H18N4OS/c1-21-17(20)22-18(11-23,14-5-6-14)16-8-7-15(24-16)13-4-2-3-12(9-13)10-19/h2-4,7-9,11,14H,5-6H2,1H3,(H3,20,21,22). The highest BCUT2D eigenvalue weighted by atomic mass is 32.1. The van der Waals surface area contributed by atoms with Gasteiger partial charge in [-0.05, 0) is 48.6 Å². The van der Waals surface area contributed by atoms with Crippen molar-refractivity contribution in [2.75, 3.05) is 7.05 Å². The molecule has 0 bridgehead atoms. The zero-order chi connectivity index (χ0) is 17.2. The zero-order valence-electron chi connectivity index (χ0n) is 13.3. The van der Waals surface area contributed by atoms with Gasteiger partial charge < -0.3 is 15.8 Å². The molecule has 0 spiro atoms. The van der Waals surface area contributed by atoms with E-state index in [1.54, 1.807) is 24.5 Å². The van der Waals surface area contributed by atoms with Crippen molar-refractivity contribution in [2.45, 2.75) is 18.4 Å². The van der Waals surface area contributed by atoms with Crippen molar-refractivity contribution in [3.63, 3.8) is 0 Å². The summed E-state index contributed by atoms with van der Waals surface area (Å²) in [5.74, 6) is 0.489. The van der Waals surface area contributed by atoms with Crippen LogP contribution >= 0.6 is 11.3 Å². The Morgan fingerprint density at radius 3 is 2.88 bits per heavy atom. The van der Waals surface area contributed by atoms with Crippen LogP contribution in [0, 0.1) is 17.2 Å². The minimum Gasteiger partial charge on any atom is -0.370 e. The Hall–Kier alpha value is -2.65. The summed E-state index contributed by atoms with van der Waals surface area (Å²) in [5.41, 5.74) is 6.61. The molecule has 3 rings (SSSR count). The molecule has 0 saturated heterocycles. The second kappa shape index (κ2) is 6.46. The number of guanidine groups is 1. The quantitative estimate of drug-likeness (QED) is 0.498. The maximum atomic E-state index is 12.0. The third-order valence-electron chi connectivity index (χ3n) is 4.27. The van der Waals surface area contributed by atoms with Crippen LogP contribution in [0.15, 0.2) is 41.4 Å². The Bertz CT molecular complexity index is 832. The summed E-state index contributed by atoms with van der Waals surface area (Å²) in [5, 5.41) is 12.2. The number of nitrogens with two attached hydrogens (primary N) is 1. The van der Waals surface area contributed by atoms with Crippen LogP contribution in [0.25, 0.3) is 10.4 Å². The molecule has 1 unspecified atom stereocenters. The van der Waals surface area contributed by atoms with Crippen molar-refractivity contribution in [3.05, 3.63) is 46.8 Å². The lowest BCUT2D eigenvalue weighted by Crippen LogP contribution is -2.51. The molecule has 1 saturated carbocycles. The maximum absolute atomic E-state index is 12.0. The van der Waals surface area contributed by atoms with E-state index < -0.39 is 5.54 Å². The third-order valence-corrected chi connectivity index (χ3v) is 5.56. The summed E-state index contributed by atoms with van der Waals surface area (Å²) in [6, 6.07) is 13.5. The Kier molecular flexibility index (Phi) is 4.36. The molecule has 1 atom stereocenters. The van der Waals surface area contributed by atoms with E-state index in [1.165, 1.54) is 0 Å². The molecular formula is C18H18N4OS. The number of hydrogen-bond donors (Lipinski definition) is 2. The first-order valence-corrected chi connectivity index (χ1v) is 8.52. The van der Waals surface area contributed by atoms with Gasteiger partial charge in [0.1, 0.15) is 5.54 Å². The average Bonchev–Trinajstić information content (AvgIpc) is 3.36. The predicted octanol–water partition coefficient (Wildman–Crippen LogP) is 2.63. The Morgan fingerprint density at radius 2 is 2.25 bits per heavy atom. The first kappa shape index (κ1) is 16.2. The SMILES string of the molecule is CN=C(N)NC(C=O)(c1ccc(-c2cccc(C#N)c2)s1)C1CC1. The maximum Gasteiger partial charge on any atom is 0.189 e. The molecule has 0 amide bonds. The number of nitrogens with zero attached hydrogens (tertiary/aromatic N) is 2. The highest BCUT2D eigenvalue weighted by molar-refractivity contribution is 7.15. The fourth-order valence-corrected chi connectivity index (χ4v) is 4.00. The monoisotopic (exact) mass is 338 g/mol. The lowest BCUT2D eigenvalue weighted by molar-refractivity contribution is -0.113. The molecule has 1 fully saturated rings. The zero-order valence-corrected chi connectivity index (χ0v) is 14.1. The van der Waals surface area contributed by atoms with Crippen LogP contribution in [0.3, 0.4) is 0 Å². The molecule has 0 radical (unpaired) electrons. The van der Waals surface area contributed by atoms with Crippen LogP contribution in [-0.4, -0.2) is 19.3 Å². The summed E-state index contributed by atoms with van der Waals surface area (Å²) in [4.78, 5) is 17.9. The molecule has 1 aliphatic rings. The first-order valence-electron chi connectivity index (χ1n) is 7.70. The number of aldehydes is 1. The van der Waals surface area contributed by atoms with Crippen molar-refractivity contribution in [1.82, 2.24) is 5.32 Å². The van der Waals surface area contributed by atoms with Gasteiger partial charge >= 0.3 is 0 Å². The summed E-state index contributed by atoms with van der Waals surface area (Å²) in [7, 11) is 1.60. The number of nitrogens with one attached hydrogen (secondary N) is 1. The topological polar surface area (TPSA) is 91.3 Å². The largest absolute Gasteiger partial charge is 0.370 e. The minimum atomic E-state index is -0.820. The molecular weight excluding hydrogens is 320 g/mol. The van der Waals surface area contributed by atoms with Crippen LogP contribution < -0.4 is 11.1 Å². The number of nitriles is 1. The third kappa shape index (κ3) is 2.91. The van der Waals surface area contributed by atoms with E-state index in [-0.39, 0.29) is 11.9 Å². The van der Waals surface area contributed by atoms with Gasteiger partial charge in [-0.3, -0.25) is 4.99 Å². The lowest BCUT2D eigenvalue weighted by Gasteiger charge is -2.28. The van der Waals surface area contributed by atoms with Gasteiger partial charge in [0, 0.05) is 16.8 Å². The molecule has 1 aromatic heterocycles. The number of hydrogen-bond acceptors (Lipinski definition) is 4. The van der Waals surface area contributed by atoms with Crippen LogP contribution in [0.2, 0.25) is 0 Å². The van der Waals surface area contributed by atoms with Gasteiger partial charge in [-0.15, -0.1) is 11.3 Å². The summed E-state index contributed by atoms with van der Waals surface area (Å²) < 4.78 is 0. The van der Waals surface area contributed by atoms with E-state index in [2.05, 4.69) is 16.4 Å². The molecule has 2 aromatic rings. The van der Waals surface area contributed by atoms with Crippen molar-refractivity contribution in [3.8, 4) is 16.5 Å². The van der Waals surface area contributed by atoms with Gasteiger partial charge in [0.05, 0.1) is 11.6 Å². The summed E-state index contributed by atoms with van der Waals surface area (Å²) in [6.45, 7) is 0. The second-order valence-corrected chi connectivity index (χ2v) is 6.94. The highest BCUT2D eigenvalue weighted by Gasteiger charge is 2.48. The van der Waals surface area contributed by atoms with Crippen LogP contribution in [0.5, 0.6) is 0 Å². The second-order valence-electron chi connectivity index (χ2n) is 5.85. The number of benzene rings is 1. The average molecular weight is 338 g/mol. The van der Waals surface area contributed by atoms with E-state index in [0.29, 0.717) is 5.56 Å². The molecule has 5 nitrogen and oxygen atoms in total. The summed E-state index contributed by atoms with van der Waals surface area (Å²) in [6.07, 6.45) is 2.92. The Balaban J connectivity index is 2.00. The Labute approximate surface area is 144 Å². The van der Waals surface area contributed by atoms with E-state index in [9.17, 15) is 4.79 Å². The molecule has 1 aromatic carbocycles. The molecule has 1 aliphatic carbocycles. The molecule has 1 heterocycles. The number of rotatable bonds is 5. The highest BCUT2D eigenvalue weighted by Crippen LogP contribution is 2.47. The van der Waals surface area contributed by atoms with Crippen LogP contribution in [-0.2, 0) is 10.3 Å². The smallest absolute Gasteiger partial charge is 0.189 e. The van der Waals surface area contributed by atoms with E-state index in [1.807, 2.05) is 30.3 Å². The lowest BCUT2D eigenvalue weighted by atomic mass is 9.93.